The first-order valence-electron chi connectivity index (χ1n) is 5.30. The summed E-state index contributed by atoms with van der Waals surface area (Å²) in [5.41, 5.74) is 0.628. The van der Waals surface area contributed by atoms with Crippen LogP contribution in [0.2, 0.25) is 0 Å². The Bertz CT molecular complexity index is 546. The van der Waals surface area contributed by atoms with Gasteiger partial charge in [-0.3, -0.25) is 4.79 Å². The maximum atomic E-state index is 12.0. The van der Waals surface area contributed by atoms with Crippen molar-refractivity contribution < 1.29 is 23.1 Å². The topological polar surface area (TPSA) is 92.7 Å². The third-order valence-electron chi connectivity index (χ3n) is 2.33. The van der Waals surface area contributed by atoms with Gasteiger partial charge in [0.25, 0.3) is 0 Å². The van der Waals surface area contributed by atoms with E-state index in [0.29, 0.717) is 5.56 Å². The van der Waals surface area contributed by atoms with E-state index in [-0.39, 0.29) is 10.8 Å². The summed E-state index contributed by atoms with van der Waals surface area (Å²) >= 11 is 5.63. The maximum absolute atomic E-state index is 12.0. The molecule has 0 amide bonds. The first-order chi connectivity index (χ1) is 8.94. The van der Waals surface area contributed by atoms with Crippen molar-refractivity contribution in [3.05, 3.63) is 29.8 Å². The zero-order valence-corrected chi connectivity index (χ0v) is 11.7. The van der Waals surface area contributed by atoms with Gasteiger partial charge in [-0.05, 0) is 17.7 Å². The molecule has 0 radical (unpaired) electrons. The molecule has 6 nitrogen and oxygen atoms in total. The lowest BCUT2D eigenvalue weighted by Crippen LogP contribution is -2.43. The molecule has 1 aromatic rings. The van der Waals surface area contributed by atoms with Crippen LogP contribution in [0.3, 0.4) is 0 Å². The average Bonchev–Trinajstić information content (AvgIpc) is 2.44. The Morgan fingerprint density at radius 3 is 2.74 bits per heavy atom. The summed E-state index contributed by atoms with van der Waals surface area (Å²) < 4.78 is 30.5. The molecular formula is C11H14ClNO5S. The number of benzene rings is 1. The third kappa shape index (κ3) is 4.17. The quantitative estimate of drug-likeness (QED) is 0.580. The van der Waals surface area contributed by atoms with Crippen LogP contribution >= 0.6 is 11.6 Å². The number of rotatable bonds is 6. The second kappa shape index (κ2) is 6.85. The van der Waals surface area contributed by atoms with Crippen molar-refractivity contribution in [2.75, 3.05) is 13.7 Å². The molecule has 0 heterocycles. The smallest absolute Gasteiger partial charge is 0.326 e. The summed E-state index contributed by atoms with van der Waals surface area (Å²) in [6.07, 6.45) is 0. The SMILES string of the molecule is COC(=O)C(CO)NS(=O)(=O)c1cccc(CCl)c1. The van der Waals surface area contributed by atoms with Crippen molar-refractivity contribution in [3.63, 3.8) is 0 Å². The number of sulfonamides is 1. The fourth-order valence-electron chi connectivity index (χ4n) is 1.35. The number of methoxy groups -OCH3 is 1. The molecule has 0 aliphatic carbocycles. The average molecular weight is 308 g/mol. The summed E-state index contributed by atoms with van der Waals surface area (Å²) in [6.45, 7) is -0.693. The minimum Gasteiger partial charge on any atom is -0.468 e. The molecule has 0 bridgehead atoms. The van der Waals surface area contributed by atoms with Gasteiger partial charge >= 0.3 is 5.97 Å². The van der Waals surface area contributed by atoms with E-state index in [0.717, 1.165) is 7.11 Å². The standard InChI is InChI=1S/C11H14ClNO5S/c1-18-11(15)10(7-14)13-19(16,17)9-4-2-3-8(5-9)6-12/h2-5,10,13-14H,6-7H2,1H3. The van der Waals surface area contributed by atoms with E-state index < -0.39 is 28.6 Å². The Morgan fingerprint density at radius 2 is 2.21 bits per heavy atom. The third-order valence-corrected chi connectivity index (χ3v) is 4.11. The number of nitrogens with one attached hydrogen (secondary N) is 1. The summed E-state index contributed by atoms with van der Waals surface area (Å²) in [5, 5.41) is 8.99. The summed E-state index contributed by atoms with van der Waals surface area (Å²) in [5.74, 6) is -0.691. The highest BCUT2D eigenvalue weighted by Crippen LogP contribution is 2.13. The van der Waals surface area contributed by atoms with E-state index in [1.165, 1.54) is 12.1 Å². The molecule has 1 rings (SSSR count). The maximum Gasteiger partial charge on any atom is 0.326 e. The zero-order chi connectivity index (χ0) is 14.5. The first kappa shape index (κ1) is 15.9. The number of hydrogen-bond donors (Lipinski definition) is 2. The normalized spacial score (nSPS) is 13.0. The summed E-state index contributed by atoms with van der Waals surface area (Å²) in [6, 6.07) is 4.63. The van der Waals surface area contributed by atoms with Gasteiger partial charge < -0.3 is 9.84 Å². The Balaban J connectivity index is 3.00. The van der Waals surface area contributed by atoms with Gasteiger partial charge in [-0.15, -0.1) is 11.6 Å². The fourth-order valence-corrected chi connectivity index (χ4v) is 2.77. The molecular weight excluding hydrogens is 294 g/mol. The lowest BCUT2D eigenvalue weighted by Gasteiger charge is -2.14. The van der Waals surface area contributed by atoms with Crippen molar-refractivity contribution in [2.24, 2.45) is 0 Å². The lowest BCUT2D eigenvalue weighted by molar-refractivity contribution is -0.143. The second-order valence-electron chi connectivity index (χ2n) is 3.66. The first-order valence-corrected chi connectivity index (χ1v) is 7.32. The predicted octanol–water partition coefficient (Wildman–Crippen LogP) is 0.238. The van der Waals surface area contributed by atoms with Crippen molar-refractivity contribution >= 4 is 27.6 Å². The molecule has 1 unspecified atom stereocenters. The molecule has 0 aliphatic rings. The molecule has 1 atom stereocenters. The van der Waals surface area contributed by atoms with E-state index >= 15 is 0 Å². The van der Waals surface area contributed by atoms with E-state index in [9.17, 15) is 13.2 Å². The predicted molar refractivity (Wildman–Crippen MR) is 69.2 cm³/mol. The molecule has 0 fully saturated rings. The van der Waals surface area contributed by atoms with E-state index in [1.807, 2.05) is 0 Å². The van der Waals surface area contributed by atoms with E-state index in [4.69, 9.17) is 16.7 Å². The van der Waals surface area contributed by atoms with E-state index in [2.05, 4.69) is 9.46 Å². The zero-order valence-electron chi connectivity index (χ0n) is 10.2. The fraction of sp³-hybridized carbons (Fsp3) is 0.364. The van der Waals surface area contributed by atoms with Crippen LogP contribution in [0, 0.1) is 0 Å². The van der Waals surface area contributed by atoms with Gasteiger partial charge in [0.2, 0.25) is 10.0 Å². The van der Waals surface area contributed by atoms with Gasteiger partial charge in [0.1, 0.15) is 6.04 Å². The molecule has 1 aromatic carbocycles. The Labute approximate surface area is 116 Å². The summed E-state index contributed by atoms with van der Waals surface area (Å²) in [7, 11) is -2.82. The van der Waals surface area contributed by atoms with Gasteiger partial charge in [0, 0.05) is 5.88 Å². The Hall–Kier alpha value is -1.15. The van der Waals surface area contributed by atoms with Crippen molar-refractivity contribution in [1.82, 2.24) is 4.72 Å². The highest BCUT2D eigenvalue weighted by molar-refractivity contribution is 7.89. The number of carbonyl (C=O) groups is 1. The van der Waals surface area contributed by atoms with Crippen LogP contribution in [0.15, 0.2) is 29.2 Å². The molecule has 106 valence electrons. The second-order valence-corrected chi connectivity index (χ2v) is 5.64. The number of ether oxygens (including phenoxy) is 1. The molecule has 0 saturated heterocycles. The van der Waals surface area contributed by atoms with Crippen LogP contribution < -0.4 is 4.72 Å². The minimum absolute atomic E-state index is 0.0343. The van der Waals surface area contributed by atoms with Gasteiger partial charge in [0.15, 0.2) is 0 Å². The molecule has 0 saturated carbocycles. The number of carbonyl (C=O) groups excluding carboxylic acids is 1. The van der Waals surface area contributed by atoms with Gasteiger partial charge in [-0.25, -0.2) is 8.42 Å². The van der Waals surface area contributed by atoms with Gasteiger partial charge in [-0.1, -0.05) is 12.1 Å². The van der Waals surface area contributed by atoms with Gasteiger partial charge in [0.05, 0.1) is 18.6 Å². The number of aliphatic hydroxyl groups excluding tert-OH is 1. The highest BCUT2D eigenvalue weighted by atomic mass is 35.5. The van der Waals surface area contributed by atoms with Crippen LogP contribution in [0.25, 0.3) is 0 Å². The van der Waals surface area contributed by atoms with Crippen LogP contribution in [0.1, 0.15) is 5.56 Å². The number of esters is 1. The minimum atomic E-state index is -3.93. The van der Waals surface area contributed by atoms with Crippen molar-refractivity contribution in [3.8, 4) is 0 Å². The van der Waals surface area contributed by atoms with Crippen LogP contribution in [-0.2, 0) is 25.4 Å². The number of halogens is 1. The number of alkyl halides is 1. The Morgan fingerprint density at radius 1 is 1.53 bits per heavy atom. The summed E-state index contributed by atoms with van der Waals surface area (Å²) in [4.78, 5) is 11.2. The molecule has 8 heteroatoms. The Kier molecular flexibility index (Phi) is 5.74. The van der Waals surface area contributed by atoms with Crippen molar-refractivity contribution in [2.45, 2.75) is 16.8 Å². The molecule has 2 N–H and O–H groups in total. The molecule has 19 heavy (non-hydrogen) atoms. The molecule has 0 aromatic heterocycles. The number of hydrogen-bond acceptors (Lipinski definition) is 5. The highest BCUT2D eigenvalue weighted by Gasteiger charge is 2.25. The lowest BCUT2D eigenvalue weighted by atomic mass is 10.2. The van der Waals surface area contributed by atoms with Crippen molar-refractivity contribution in [1.29, 1.82) is 0 Å². The molecule has 0 aliphatic heterocycles. The monoisotopic (exact) mass is 307 g/mol. The van der Waals surface area contributed by atoms with Crippen LogP contribution in [0.5, 0.6) is 0 Å². The van der Waals surface area contributed by atoms with Crippen LogP contribution in [0.4, 0.5) is 0 Å². The number of aliphatic hydroxyl groups is 1. The van der Waals surface area contributed by atoms with Crippen LogP contribution in [-0.4, -0.2) is 39.3 Å². The van der Waals surface area contributed by atoms with E-state index in [1.54, 1.807) is 12.1 Å². The molecule has 0 spiro atoms. The largest absolute Gasteiger partial charge is 0.468 e. The van der Waals surface area contributed by atoms with Gasteiger partial charge in [-0.2, -0.15) is 4.72 Å².